The number of fused-ring (bicyclic) bond motifs is 9. The van der Waals surface area contributed by atoms with Crippen LogP contribution in [0.1, 0.15) is 0 Å². The van der Waals surface area contributed by atoms with Crippen molar-refractivity contribution < 1.29 is 0 Å². The van der Waals surface area contributed by atoms with Crippen LogP contribution in [0.15, 0.2) is 194 Å². The van der Waals surface area contributed by atoms with Crippen LogP contribution in [0.4, 0.5) is 0 Å². The first kappa shape index (κ1) is 28.9. The van der Waals surface area contributed by atoms with Crippen molar-refractivity contribution in [3.05, 3.63) is 194 Å². The SMILES string of the molecule is c1ccc(-n2c3ccccc3c3ccc(-c4ccc(-c5cccc6cc7c(ccc8c7c7ccccc7n8-c7ccccc7)cc56)cc4)cc32)cc1. The van der Waals surface area contributed by atoms with E-state index < -0.39 is 0 Å². The topological polar surface area (TPSA) is 9.86 Å². The number of rotatable bonds is 4. The van der Waals surface area contributed by atoms with E-state index in [0.29, 0.717) is 0 Å². The summed E-state index contributed by atoms with van der Waals surface area (Å²) in [6.07, 6.45) is 0. The fourth-order valence-corrected chi connectivity index (χ4v) is 8.52. The van der Waals surface area contributed by atoms with Gasteiger partial charge < -0.3 is 9.13 Å². The second-order valence-electron chi connectivity index (χ2n) is 13.7. The molecule has 0 amide bonds. The summed E-state index contributed by atoms with van der Waals surface area (Å²) in [4.78, 5) is 0. The van der Waals surface area contributed by atoms with Gasteiger partial charge in [0.1, 0.15) is 0 Å². The maximum atomic E-state index is 2.40. The van der Waals surface area contributed by atoms with Crippen molar-refractivity contribution in [3.63, 3.8) is 0 Å². The first-order valence-corrected chi connectivity index (χ1v) is 17.9. The highest BCUT2D eigenvalue weighted by molar-refractivity contribution is 6.23. The molecule has 11 rings (SSSR count). The third-order valence-corrected chi connectivity index (χ3v) is 10.9. The van der Waals surface area contributed by atoms with Crippen molar-refractivity contribution in [1.82, 2.24) is 9.13 Å². The maximum Gasteiger partial charge on any atom is 0.0547 e. The summed E-state index contributed by atoms with van der Waals surface area (Å²) in [5.74, 6) is 0. The molecule has 0 bridgehead atoms. The molecule has 9 aromatic carbocycles. The van der Waals surface area contributed by atoms with Gasteiger partial charge in [0.15, 0.2) is 0 Å². The van der Waals surface area contributed by atoms with Crippen molar-refractivity contribution >= 4 is 65.2 Å². The molecule has 11 aromatic rings. The predicted octanol–water partition coefficient (Wildman–Crippen LogP) is 13.5. The molecule has 0 aliphatic heterocycles. The van der Waals surface area contributed by atoms with Crippen LogP contribution in [0.3, 0.4) is 0 Å². The van der Waals surface area contributed by atoms with Crippen molar-refractivity contribution in [1.29, 1.82) is 0 Å². The van der Waals surface area contributed by atoms with E-state index in [-0.39, 0.29) is 0 Å². The first-order valence-electron chi connectivity index (χ1n) is 17.9. The molecule has 0 atom stereocenters. The Hall–Kier alpha value is -6.90. The molecule has 242 valence electrons. The molecule has 0 N–H and O–H groups in total. The molecule has 0 aliphatic carbocycles. The minimum Gasteiger partial charge on any atom is -0.309 e. The van der Waals surface area contributed by atoms with Crippen LogP contribution in [-0.2, 0) is 0 Å². The van der Waals surface area contributed by atoms with Crippen LogP contribution >= 0.6 is 0 Å². The number of benzene rings is 9. The second kappa shape index (κ2) is 11.3. The fraction of sp³-hybridized carbons (Fsp3) is 0. The van der Waals surface area contributed by atoms with E-state index in [1.807, 2.05) is 0 Å². The van der Waals surface area contributed by atoms with E-state index in [4.69, 9.17) is 0 Å². The molecule has 2 heterocycles. The highest BCUT2D eigenvalue weighted by Crippen LogP contribution is 2.41. The highest BCUT2D eigenvalue weighted by atomic mass is 15.0. The lowest BCUT2D eigenvalue weighted by molar-refractivity contribution is 1.18. The van der Waals surface area contributed by atoms with E-state index in [1.165, 1.54) is 98.8 Å². The van der Waals surface area contributed by atoms with Crippen LogP contribution < -0.4 is 0 Å². The molecule has 0 spiro atoms. The van der Waals surface area contributed by atoms with Crippen molar-refractivity contribution in [2.24, 2.45) is 0 Å². The van der Waals surface area contributed by atoms with Crippen LogP contribution in [0.25, 0.3) is 98.8 Å². The molecular formula is C50H32N2. The van der Waals surface area contributed by atoms with Gasteiger partial charge in [0.25, 0.3) is 0 Å². The third kappa shape index (κ3) is 4.31. The van der Waals surface area contributed by atoms with Gasteiger partial charge >= 0.3 is 0 Å². The van der Waals surface area contributed by atoms with Gasteiger partial charge in [-0.25, -0.2) is 0 Å². The van der Waals surface area contributed by atoms with E-state index in [2.05, 4.69) is 203 Å². The van der Waals surface area contributed by atoms with Gasteiger partial charge in [-0.2, -0.15) is 0 Å². The van der Waals surface area contributed by atoms with Gasteiger partial charge in [0, 0.05) is 32.9 Å². The van der Waals surface area contributed by atoms with Crippen LogP contribution in [0.2, 0.25) is 0 Å². The summed E-state index contributed by atoms with van der Waals surface area (Å²) in [5, 5.41) is 10.2. The normalized spacial score (nSPS) is 11.8. The number of nitrogens with zero attached hydrogens (tertiary/aromatic N) is 2. The molecule has 0 fully saturated rings. The Kier molecular flexibility index (Phi) is 6.28. The quantitative estimate of drug-likeness (QED) is 0.166. The molecule has 0 saturated heterocycles. The van der Waals surface area contributed by atoms with Crippen LogP contribution in [0.5, 0.6) is 0 Å². The van der Waals surface area contributed by atoms with Gasteiger partial charge in [-0.1, -0.05) is 133 Å². The van der Waals surface area contributed by atoms with Crippen molar-refractivity contribution in [3.8, 4) is 33.6 Å². The zero-order chi connectivity index (χ0) is 34.2. The Morgan fingerprint density at radius 1 is 0.269 bits per heavy atom. The zero-order valence-corrected chi connectivity index (χ0v) is 28.4. The molecule has 2 aromatic heterocycles. The van der Waals surface area contributed by atoms with Gasteiger partial charge in [0.2, 0.25) is 0 Å². The van der Waals surface area contributed by atoms with E-state index >= 15 is 0 Å². The Bertz CT molecular complexity index is 3150. The summed E-state index contributed by atoms with van der Waals surface area (Å²) < 4.78 is 4.78. The molecular weight excluding hydrogens is 629 g/mol. The largest absolute Gasteiger partial charge is 0.309 e. The summed E-state index contributed by atoms with van der Waals surface area (Å²) >= 11 is 0. The van der Waals surface area contributed by atoms with Crippen molar-refractivity contribution in [2.45, 2.75) is 0 Å². The monoisotopic (exact) mass is 660 g/mol. The average Bonchev–Trinajstić information content (AvgIpc) is 3.73. The molecule has 52 heavy (non-hydrogen) atoms. The number of hydrogen-bond donors (Lipinski definition) is 0. The molecule has 0 aliphatic rings. The van der Waals surface area contributed by atoms with Gasteiger partial charge in [-0.3, -0.25) is 0 Å². The minimum atomic E-state index is 1.17. The second-order valence-corrected chi connectivity index (χ2v) is 13.7. The Labute approximate surface area is 301 Å². The third-order valence-electron chi connectivity index (χ3n) is 10.9. The lowest BCUT2D eigenvalue weighted by atomic mass is 9.93. The van der Waals surface area contributed by atoms with E-state index in [0.717, 1.165) is 0 Å². The molecule has 0 radical (unpaired) electrons. The number of aromatic nitrogens is 2. The lowest BCUT2D eigenvalue weighted by Crippen LogP contribution is -1.93. The van der Waals surface area contributed by atoms with Gasteiger partial charge in [-0.05, 0) is 104 Å². The molecule has 0 unspecified atom stereocenters. The predicted molar refractivity (Wildman–Crippen MR) is 221 cm³/mol. The van der Waals surface area contributed by atoms with E-state index in [9.17, 15) is 0 Å². The Balaban J connectivity index is 1.03. The Morgan fingerprint density at radius 2 is 0.827 bits per heavy atom. The fourth-order valence-electron chi connectivity index (χ4n) is 8.52. The van der Waals surface area contributed by atoms with E-state index in [1.54, 1.807) is 0 Å². The van der Waals surface area contributed by atoms with Gasteiger partial charge in [-0.15, -0.1) is 0 Å². The highest BCUT2D eigenvalue weighted by Gasteiger charge is 2.17. The number of para-hydroxylation sites is 4. The zero-order valence-electron chi connectivity index (χ0n) is 28.4. The molecule has 2 heteroatoms. The number of hydrogen-bond acceptors (Lipinski definition) is 0. The van der Waals surface area contributed by atoms with Crippen molar-refractivity contribution in [2.75, 3.05) is 0 Å². The van der Waals surface area contributed by atoms with Crippen LogP contribution in [-0.4, -0.2) is 9.13 Å². The minimum absolute atomic E-state index is 1.17. The summed E-state index contributed by atoms with van der Waals surface area (Å²) in [5.41, 5.74) is 12.1. The summed E-state index contributed by atoms with van der Waals surface area (Å²) in [6.45, 7) is 0. The summed E-state index contributed by atoms with van der Waals surface area (Å²) in [7, 11) is 0. The standard InChI is InChI=1S/C50H32N2/c1-3-13-38(14-4-1)51-47-21-10-8-18-43(47)50-45-31-36-12-11-19-40(44(36)30-37(45)27-29-48(50)51)34-24-22-33(23-25-34)35-26-28-42-41-17-7-9-20-46(41)52(49(42)32-35)39-15-5-2-6-16-39/h1-32H. The lowest BCUT2D eigenvalue weighted by Gasteiger charge is -2.12. The van der Waals surface area contributed by atoms with Crippen LogP contribution in [0, 0.1) is 0 Å². The maximum absolute atomic E-state index is 2.40. The molecule has 2 nitrogen and oxygen atoms in total. The first-order chi connectivity index (χ1) is 25.8. The average molecular weight is 661 g/mol. The Morgan fingerprint density at radius 3 is 1.58 bits per heavy atom. The van der Waals surface area contributed by atoms with Gasteiger partial charge in [0.05, 0.1) is 22.1 Å². The smallest absolute Gasteiger partial charge is 0.0547 e. The summed E-state index contributed by atoms with van der Waals surface area (Å²) in [6, 6.07) is 70.9. The molecule has 0 saturated carbocycles.